The van der Waals surface area contributed by atoms with Crippen molar-refractivity contribution in [3.63, 3.8) is 0 Å². The van der Waals surface area contributed by atoms with Gasteiger partial charge in [-0.25, -0.2) is 4.79 Å². The second-order valence-electron chi connectivity index (χ2n) is 10.4. The Morgan fingerprint density at radius 3 is 2.18 bits per heavy atom. The third-order valence-electron chi connectivity index (χ3n) is 6.17. The van der Waals surface area contributed by atoms with Gasteiger partial charge in [-0.15, -0.1) is 10.6 Å². The van der Waals surface area contributed by atoms with Crippen LogP contribution in [0.15, 0.2) is 71.6 Å². The van der Waals surface area contributed by atoms with Gasteiger partial charge >= 0.3 is 6.09 Å². The van der Waals surface area contributed by atoms with Gasteiger partial charge in [0.05, 0.1) is 10.6 Å². The summed E-state index contributed by atoms with van der Waals surface area (Å²) in [5.74, 6) is -0.372. The lowest BCUT2D eigenvalue weighted by molar-refractivity contribution is 0.0557. The molecular weight excluding hydrogens is 514 g/mol. The van der Waals surface area contributed by atoms with Gasteiger partial charge < -0.3 is 10.1 Å². The minimum Gasteiger partial charge on any atom is -0.443 e. The van der Waals surface area contributed by atoms with E-state index < -0.39 is 33.4 Å². The molecule has 0 fully saturated rings. The van der Waals surface area contributed by atoms with Crippen molar-refractivity contribution in [2.45, 2.75) is 70.4 Å². The highest BCUT2D eigenvalue weighted by atomic mass is 32.3. The lowest BCUT2D eigenvalue weighted by Crippen LogP contribution is -2.46. The highest BCUT2D eigenvalue weighted by Crippen LogP contribution is 2.49. The smallest absolute Gasteiger partial charge is 0.415 e. The minimum absolute atomic E-state index is 0.0523. The first-order valence-electron chi connectivity index (χ1n) is 12.9. The van der Waals surface area contributed by atoms with Crippen LogP contribution in [-0.4, -0.2) is 43.4 Å². The number of ketones is 1. The summed E-state index contributed by atoms with van der Waals surface area (Å²) in [6.07, 6.45) is 1.12. The predicted octanol–water partition coefficient (Wildman–Crippen LogP) is 8.15. The van der Waals surface area contributed by atoms with Crippen LogP contribution in [-0.2, 0) is 4.74 Å². The topological polar surface area (TPSA) is 135 Å². The Bertz CT molecular complexity index is 1380. The molecule has 8 nitrogen and oxygen atoms in total. The van der Waals surface area contributed by atoms with E-state index in [0.717, 1.165) is 17.2 Å². The van der Waals surface area contributed by atoms with Crippen LogP contribution in [0, 0.1) is 10.8 Å². The van der Waals surface area contributed by atoms with Crippen molar-refractivity contribution in [3.05, 3.63) is 72.3 Å². The molecule has 208 valence electrons. The fraction of sp³-hybridized carbons (Fsp3) is 0.333. The minimum atomic E-state index is -3.68. The Hall–Kier alpha value is -3.53. The largest absolute Gasteiger partial charge is 0.443 e. The van der Waals surface area contributed by atoms with Crippen LogP contribution in [0.25, 0.3) is 10.8 Å². The molecule has 0 saturated heterocycles. The number of benzene rings is 3. The van der Waals surface area contributed by atoms with E-state index in [1.165, 1.54) is 29.2 Å². The summed E-state index contributed by atoms with van der Waals surface area (Å²) in [5.41, 5.74) is -0.133. The van der Waals surface area contributed by atoms with Crippen LogP contribution in [0.3, 0.4) is 0 Å². The second kappa shape index (κ2) is 12.1. The first kappa shape index (κ1) is 30.0. The summed E-state index contributed by atoms with van der Waals surface area (Å²) in [7, 11) is -3.68. The Balaban J connectivity index is 1.91. The standard InChI is InChI=1S/C30H37N3O5S/c1-6-7-12-26(31)28(32)39(36,37)25-17-14-22(15-18-25)27(34)20(2)33(29(35)38-30(3,4)5)24-16-13-21-10-8-9-11-23(21)19-24/h8-11,13-20,31-32,36-37H,6-7,12H2,1-5H3/t20-/m0/s1. The first-order chi connectivity index (χ1) is 18.3. The molecule has 0 aliphatic carbocycles. The number of unbranched alkanes of at least 4 members (excludes halogenated alkanes) is 1. The van der Waals surface area contributed by atoms with Crippen LogP contribution in [0.4, 0.5) is 10.5 Å². The molecule has 0 aliphatic rings. The Morgan fingerprint density at radius 2 is 1.59 bits per heavy atom. The van der Waals surface area contributed by atoms with Crippen molar-refractivity contribution in [2.75, 3.05) is 4.90 Å². The average Bonchev–Trinajstić information content (AvgIpc) is 2.89. The fourth-order valence-corrected chi connectivity index (χ4v) is 5.25. The van der Waals surface area contributed by atoms with Crippen molar-refractivity contribution < 1.29 is 23.4 Å². The molecular formula is C30H37N3O5S. The molecule has 3 aromatic rings. The van der Waals surface area contributed by atoms with Crippen LogP contribution >= 0.6 is 10.6 Å². The summed E-state index contributed by atoms with van der Waals surface area (Å²) in [5, 5.41) is 17.5. The zero-order valence-corrected chi connectivity index (χ0v) is 23.8. The lowest BCUT2D eigenvalue weighted by atomic mass is 10.0. The van der Waals surface area contributed by atoms with Gasteiger partial charge in [0.1, 0.15) is 11.6 Å². The van der Waals surface area contributed by atoms with Gasteiger partial charge in [0.2, 0.25) is 0 Å². The third-order valence-corrected chi connectivity index (χ3v) is 7.92. The Morgan fingerprint density at radius 1 is 0.974 bits per heavy atom. The van der Waals surface area contributed by atoms with E-state index >= 15 is 0 Å². The SMILES string of the molecule is CCCCC(=N)C(=N)S(O)(O)c1ccc(C(=O)[C@H](C)N(C(=O)OC(C)(C)C)c2ccc3ccccc3c2)cc1. The molecule has 0 unspecified atom stereocenters. The van der Waals surface area contributed by atoms with E-state index in [1.54, 1.807) is 33.8 Å². The average molecular weight is 552 g/mol. The van der Waals surface area contributed by atoms with E-state index in [-0.39, 0.29) is 28.4 Å². The quantitative estimate of drug-likeness (QED) is 0.121. The number of hydrogen-bond acceptors (Lipinski definition) is 7. The molecule has 4 N–H and O–H groups in total. The fourth-order valence-electron chi connectivity index (χ4n) is 4.05. The van der Waals surface area contributed by atoms with Crippen molar-refractivity contribution in [2.24, 2.45) is 0 Å². The molecule has 0 aromatic heterocycles. The maximum atomic E-state index is 13.6. The zero-order chi connectivity index (χ0) is 29.0. The summed E-state index contributed by atoms with van der Waals surface area (Å²) in [6.45, 7) is 8.84. The first-order valence-corrected chi connectivity index (χ1v) is 14.4. The zero-order valence-electron chi connectivity index (χ0n) is 23.0. The molecule has 1 atom stereocenters. The van der Waals surface area contributed by atoms with E-state index in [0.29, 0.717) is 12.1 Å². The molecule has 0 spiro atoms. The molecule has 39 heavy (non-hydrogen) atoms. The van der Waals surface area contributed by atoms with Gasteiger partial charge in [-0.2, -0.15) is 0 Å². The van der Waals surface area contributed by atoms with E-state index in [1.807, 2.05) is 43.3 Å². The molecule has 3 aromatic carbocycles. The molecule has 9 heteroatoms. The number of amides is 1. The molecule has 0 aliphatic heterocycles. The number of anilines is 1. The van der Waals surface area contributed by atoms with E-state index in [9.17, 15) is 18.7 Å². The Labute approximate surface area is 231 Å². The maximum Gasteiger partial charge on any atom is 0.415 e. The van der Waals surface area contributed by atoms with E-state index in [2.05, 4.69) is 0 Å². The van der Waals surface area contributed by atoms with Crippen LogP contribution in [0.2, 0.25) is 0 Å². The van der Waals surface area contributed by atoms with Crippen molar-refractivity contribution in [1.29, 1.82) is 10.8 Å². The van der Waals surface area contributed by atoms with Crippen LogP contribution in [0.5, 0.6) is 0 Å². The molecule has 0 heterocycles. The van der Waals surface area contributed by atoms with Gasteiger partial charge in [-0.05, 0) is 87.7 Å². The highest BCUT2D eigenvalue weighted by Gasteiger charge is 2.32. The van der Waals surface area contributed by atoms with Crippen LogP contribution < -0.4 is 4.90 Å². The van der Waals surface area contributed by atoms with E-state index in [4.69, 9.17) is 15.6 Å². The lowest BCUT2D eigenvalue weighted by Gasteiger charge is -2.33. The molecule has 0 radical (unpaired) electrons. The van der Waals surface area contributed by atoms with Gasteiger partial charge in [0.15, 0.2) is 10.8 Å². The number of nitrogens with one attached hydrogen (secondary N) is 2. The Kier molecular flexibility index (Phi) is 9.32. The van der Waals surface area contributed by atoms with Crippen molar-refractivity contribution in [3.8, 4) is 0 Å². The third kappa shape index (κ3) is 7.11. The molecule has 0 saturated carbocycles. The van der Waals surface area contributed by atoms with Gasteiger partial charge in [0.25, 0.3) is 0 Å². The maximum absolute atomic E-state index is 13.6. The predicted molar refractivity (Wildman–Crippen MR) is 159 cm³/mol. The number of hydrogen-bond donors (Lipinski definition) is 4. The van der Waals surface area contributed by atoms with Gasteiger partial charge in [0, 0.05) is 11.3 Å². The number of carbonyl (C=O) groups excluding carboxylic acids is 2. The number of nitrogens with zero attached hydrogens (tertiary/aromatic N) is 1. The van der Waals surface area contributed by atoms with Gasteiger partial charge in [-0.1, -0.05) is 43.7 Å². The number of carbonyl (C=O) groups is 2. The van der Waals surface area contributed by atoms with Gasteiger partial charge in [-0.3, -0.25) is 24.2 Å². The molecule has 0 bridgehead atoms. The number of ether oxygens (including phenoxy) is 1. The number of rotatable bonds is 9. The molecule has 3 rings (SSSR count). The summed E-state index contributed by atoms with van der Waals surface area (Å²) in [6, 6.07) is 17.9. The van der Waals surface area contributed by atoms with Crippen molar-refractivity contribution in [1.82, 2.24) is 0 Å². The number of fused-ring (bicyclic) bond motifs is 1. The van der Waals surface area contributed by atoms with Crippen LogP contribution in [0.1, 0.15) is 64.2 Å². The highest BCUT2D eigenvalue weighted by molar-refractivity contribution is 8.38. The summed E-state index contributed by atoms with van der Waals surface area (Å²) in [4.78, 5) is 28.3. The van der Waals surface area contributed by atoms with Crippen molar-refractivity contribution >= 4 is 49.7 Å². The summed E-state index contributed by atoms with van der Waals surface area (Å²) < 4.78 is 27.0. The normalized spacial score (nSPS) is 13.0. The number of Topliss-reactive ketones (excluding diaryl/α,β-unsaturated/α-hetero) is 1. The summed E-state index contributed by atoms with van der Waals surface area (Å²) >= 11 is 0. The second-order valence-corrected chi connectivity index (χ2v) is 12.4. The molecule has 1 amide bonds. The monoisotopic (exact) mass is 551 g/mol.